The SMILES string of the molecule is C1CCC1.CCCC(C)(C)C(C)(CCC)C(C)(CC)CCC.CCCC(C)(C)C(C)(CCC)C(C)(CC)CCC.CCCC(C)(C)C(C)(CCCC1CC(C)C1)C(C)(CC)CCC.CCCC(C)(C)C(C)(CCCC1CC(C)C1)C(C)(CC)CCC. The Balaban J connectivity index is 0. The third kappa shape index (κ3) is 23.2. The van der Waals surface area contributed by atoms with Crippen LogP contribution in [0.25, 0.3) is 0 Å². The first-order valence-electron chi connectivity index (χ1n) is 39.8. The highest BCUT2D eigenvalue weighted by Gasteiger charge is 2.54. The van der Waals surface area contributed by atoms with E-state index in [4.69, 9.17) is 0 Å². The lowest BCUT2D eigenvalue weighted by Gasteiger charge is -2.57. The van der Waals surface area contributed by atoms with Gasteiger partial charge in [-0.15, -0.1) is 0 Å². The second-order valence-corrected chi connectivity index (χ2v) is 36.1. The predicted molar refractivity (Wildman–Crippen MR) is 400 cm³/mol. The zero-order valence-electron chi connectivity index (χ0n) is 67.2. The van der Waals surface area contributed by atoms with Crippen LogP contribution in [0.5, 0.6) is 0 Å². The number of hydrogen-bond donors (Lipinski definition) is 0. The van der Waals surface area contributed by atoms with E-state index in [9.17, 15) is 0 Å². The van der Waals surface area contributed by atoms with Crippen LogP contribution < -0.4 is 0 Å². The number of rotatable bonds is 40. The van der Waals surface area contributed by atoms with Crippen molar-refractivity contribution in [2.24, 2.45) is 88.7 Å². The quantitative estimate of drug-likeness (QED) is 0.0574. The molecule has 8 atom stereocenters. The minimum absolute atomic E-state index is 0.439. The summed E-state index contributed by atoms with van der Waals surface area (Å²) < 4.78 is 0. The molecule has 3 fully saturated rings. The lowest BCUT2D eigenvalue weighted by atomic mass is 9.48. The van der Waals surface area contributed by atoms with Crippen LogP contribution >= 0.6 is 0 Å². The van der Waals surface area contributed by atoms with Gasteiger partial charge in [-0.05, 0) is 191 Å². The summed E-state index contributed by atoms with van der Waals surface area (Å²) in [4.78, 5) is 0. The lowest BCUT2D eigenvalue weighted by molar-refractivity contribution is -0.0712. The summed E-state index contributed by atoms with van der Waals surface area (Å²) >= 11 is 0. The maximum Gasteiger partial charge on any atom is -0.0221 e. The molecule has 3 saturated carbocycles. The molecule has 3 rings (SSSR count). The van der Waals surface area contributed by atoms with E-state index in [0.29, 0.717) is 65.0 Å². The van der Waals surface area contributed by atoms with E-state index >= 15 is 0 Å². The van der Waals surface area contributed by atoms with Crippen molar-refractivity contribution < 1.29 is 0 Å². The van der Waals surface area contributed by atoms with E-state index in [1.807, 2.05) is 0 Å². The van der Waals surface area contributed by atoms with Crippen LogP contribution in [-0.2, 0) is 0 Å². The van der Waals surface area contributed by atoms with Crippen molar-refractivity contribution in [1.29, 1.82) is 0 Å². The summed E-state index contributed by atoms with van der Waals surface area (Å²) in [6.07, 6.45) is 52.7. The van der Waals surface area contributed by atoms with Crippen LogP contribution in [0.1, 0.15) is 466 Å². The molecule has 0 radical (unpaired) electrons. The zero-order valence-corrected chi connectivity index (χ0v) is 67.2. The predicted octanol–water partition coefficient (Wildman–Crippen LogP) is 31.7. The minimum Gasteiger partial charge on any atom is -0.0654 e. The summed E-state index contributed by atoms with van der Waals surface area (Å²) in [5.41, 5.74) is 5.50. The molecule has 0 aromatic heterocycles. The molecule has 0 bridgehead atoms. The molecule has 520 valence electrons. The van der Waals surface area contributed by atoms with Crippen LogP contribution in [0, 0.1) is 88.7 Å². The third-order valence-electron chi connectivity index (χ3n) is 29.2. The Morgan fingerprint density at radius 2 is 0.407 bits per heavy atom. The highest BCUT2D eigenvalue weighted by Crippen LogP contribution is 2.64. The van der Waals surface area contributed by atoms with Gasteiger partial charge in [0.25, 0.3) is 0 Å². The Labute approximate surface area is 551 Å². The standard InChI is InChI=1S/2C23H46.2C18H38.C4H8/c2*1-9-14-21(5,6)23(8,22(7,11-3)15-10-2)16-12-13-20-17-19(4)18-20;2*1-9-13-16(5,6)18(8,15-11-3)17(7,12-4)14-10-2;1-2-4-3-1/h2*19-20H,9-18H2,1-8H3;2*9-15H2,1-8H3;1-4H2. The van der Waals surface area contributed by atoms with Crippen molar-refractivity contribution in [3.05, 3.63) is 0 Å². The number of hydrogen-bond acceptors (Lipinski definition) is 0. The summed E-state index contributed by atoms with van der Waals surface area (Å²) in [7, 11) is 0. The van der Waals surface area contributed by atoms with E-state index < -0.39 is 0 Å². The zero-order chi connectivity index (χ0) is 67.2. The van der Waals surface area contributed by atoms with Crippen molar-refractivity contribution >= 4 is 0 Å². The fraction of sp³-hybridized carbons (Fsp3) is 1.00. The van der Waals surface area contributed by atoms with Crippen LogP contribution in [-0.4, -0.2) is 0 Å². The molecule has 8 unspecified atom stereocenters. The van der Waals surface area contributed by atoms with Crippen LogP contribution in [0.15, 0.2) is 0 Å². The van der Waals surface area contributed by atoms with E-state index in [0.717, 1.165) is 23.7 Å². The fourth-order valence-corrected chi connectivity index (χ4v) is 20.4. The van der Waals surface area contributed by atoms with Gasteiger partial charge < -0.3 is 0 Å². The van der Waals surface area contributed by atoms with E-state index in [2.05, 4.69) is 222 Å². The Morgan fingerprint density at radius 3 is 0.547 bits per heavy atom. The molecule has 0 aromatic carbocycles. The molecule has 0 aromatic rings. The molecular formula is C86H176. The molecule has 86 heavy (non-hydrogen) atoms. The van der Waals surface area contributed by atoms with Crippen LogP contribution in [0.4, 0.5) is 0 Å². The van der Waals surface area contributed by atoms with E-state index in [-0.39, 0.29) is 0 Å². The molecule has 0 nitrogen and oxygen atoms in total. The fourth-order valence-electron chi connectivity index (χ4n) is 20.4. The minimum atomic E-state index is 0.439. The summed E-state index contributed by atoms with van der Waals surface area (Å²) in [5, 5.41) is 0. The Morgan fingerprint density at radius 1 is 0.233 bits per heavy atom. The lowest BCUT2D eigenvalue weighted by Crippen LogP contribution is -2.48. The maximum atomic E-state index is 2.64. The van der Waals surface area contributed by atoms with Gasteiger partial charge in [-0.25, -0.2) is 0 Å². The third-order valence-corrected chi connectivity index (χ3v) is 29.2. The molecule has 0 aliphatic heterocycles. The smallest absolute Gasteiger partial charge is 0.0221 e. The summed E-state index contributed by atoms with van der Waals surface area (Å²) in [5.74, 6) is 4.10. The first-order chi connectivity index (χ1) is 39.8. The topological polar surface area (TPSA) is 0 Å². The van der Waals surface area contributed by atoms with E-state index in [1.54, 1.807) is 0 Å². The van der Waals surface area contributed by atoms with Crippen LogP contribution in [0.2, 0.25) is 0 Å². The molecule has 0 saturated heterocycles. The van der Waals surface area contributed by atoms with Gasteiger partial charge in [0.05, 0.1) is 0 Å². The average Bonchev–Trinajstić information content (AvgIpc) is 1.79. The van der Waals surface area contributed by atoms with Crippen molar-refractivity contribution in [2.45, 2.75) is 466 Å². The van der Waals surface area contributed by atoms with Crippen molar-refractivity contribution in [2.75, 3.05) is 0 Å². The van der Waals surface area contributed by atoms with Gasteiger partial charge in [0.1, 0.15) is 0 Å². The Bertz CT molecular complexity index is 1540. The van der Waals surface area contributed by atoms with Gasteiger partial charge in [-0.3, -0.25) is 0 Å². The second kappa shape index (κ2) is 40.3. The highest BCUT2D eigenvalue weighted by molar-refractivity contribution is 5.04. The van der Waals surface area contributed by atoms with Crippen molar-refractivity contribution in [3.63, 3.8) is 0 Å². The molecule has 0 amide bonds. The van der Waals surface area contributed by atoms with Crippen molar-refractivity contribution in [1.82, 2.24) is 0 Å². The van der Waals surface area contributed by atoms with Gasteiger partial charge in [0.2, 0.25) is 0 Å². The first kappa shape index (κ1) is 88.1. The molecule has 0 spiro atoms. The van der Waals surface area contributed by atoms with Crippen molar-refractivity contribution in [3.8, 4) is 0 Å². The monoisotopic (exact) mass is 1210 g/mol. The van der Waals surface area contributed by atoms with Gasteiger partial charge in [0, 0.05) is 0 Å². The van der Waals surface area contributed by atoms with Gasteiger partial charge in [0.15, 0.2) is 0 Å². The highest BCUT2D eigenvalue weighted by atomic mass is 14.6. The largest absolute Gasteiger partial charge is 0.0654 e. The van der Waals surface area contributed by atoms with Gasteiger partial charge >= 0.3 is 0 Å². The Kier molecular flexibility index (Phi) is 41.3. The summed E-state index contributed by atoms with van der Waals surface area (Å²) in [6, 6.07) is 0. The molecule has 0 heterocycles. The molecule has 3 aliphatic rings. The summed E-state index contributed by atoms with van der Waals surface area (Å²) in [6.45, 7) is 79.0. The normalized spacial score (nSPS) is 23.7. The second-order valence-electron chi connectivity index (χ2n) is 36.1. The van der Waals surface area contributed by atoms with Gasteiger partial charge in [-0.2, -0.15) is 0 Å². The molecule has 0 N–H and O–H groups in total. The molecule has 0 heteroatoms. The maximum absolute atomic E-state index is 2.64. The van der Waals surface area contributed by atoms with E-state index in [1.165, 1.54) is 244 Å². The molecular weight excluding hydrogens is 1030 g/mol. The van der Waals surface area contributed by atoms with Gasteiger partial charge in [-0.1, -0.05) is 363 Å². The average molecular weight is 1210 g/mol. The first-order valence-corrected chi connectivity index (χ1v) is 39.8. The van der Waals surface area contributed by atoms with Crippen LogP contribution in [0.3, 0.4) is 0 Å². The molecule has 3 aliphatic carbocycles. The Hall–Kier alpha value is 0.